The van der Waals surface area contributed by atoms with Gasteiger partial charge in [-0.3, -0.25) is 0 Å². The standard InChI is InChI=1S/C13H24O3/c1-3-13(8-15-9-13)10-16-12-6-4-11(14-2)5-7-12/h11-12H,3-10H2,1-2H3. The summed E-state index contributed by atoms with van der Waals surface area (Å²) in [5.74, 6) is 0. The van der Waals surface area contributed by atoms with Crippen LogP contribution in [0.15, 0.2) is 0 Å². The van der Waals surface area contributed by atoms with Gasteiger partial charge in [0.2, 0.25) is 0 Å². The maximum absolute atomic E-state index is 6.04. The van der Waals surface area contributed by atoms with Crippen LogP contribution in [0.3, 0.4) is 0 Å². The molecule has 0 aromatic carbocycles. The van der Waals surface area contributed by atoms with Crippen molar-refractivity contribution in [3.8, 4) is 0 Å². The van der Waals surface area contributed by atoms with E-state index < -0.39 is 0 Å². The van der Waals surface area contributed by atoms with Crippen molar-refractivity contribution in [1.82, 2.24) is 0 Å². The van der Waals surface area contributed by atoms with Gasteiger partial charge in [0.05, 0.1) is 32.0 Å². The molecule has 2 rings (SSSR count). The van der Waals surface area contributed by atoms with Crippen LogP contribution in [0.1, 0.15) is 39.0 Å². The quantitative estimate of drug-likeness (QED) is 0.723. The van der Waals surface area contributed by atoms with E-state index in [2.05, 4.69) is 6.92 Å². The second kappa shape index (κ2) is 5.48. The lowest BCUT2D eigenvalue weighted by Gasteiger charge is -2.41. The molecule has 0 unspecified atom stereocenters. The van der Waals surface area contributed by atoms with Gasteiger partial charge in [-0.15, -0.1) is 0 Å². The molecule has 0 atom stereocenters. The van der Waals surface area contributed by atoms with Crippen LogP contribution in [0, 0.1) is 5.41 Å². The molecule has 0 aromatic rings. The normalized spacial score (nSPS) is 33.4. The van der Waals surface area contributed by atoms with Gasteiger partial charge in [0.15, 0.2) is 0 Å². The zero-order valence-electron chi connectivity index (χ0n) is 10.5. The first-order valence-electron chi connectivity index (χ1n) is 6.50. The van der Waals surface area contributed by atoms with E-state index in [9.17, 15) is 0 Å². The van der Waals surface area contributed by atoms with Gasteiger partial charge in [0, 0.05) is 12.5 Å². The third-order valence-electron chi connectivity index (χ3n) is 4.15. The molecule has 2 fully saturated rings. The third kappa shape index (κ3) is 2.76. The van der Waals surface area contributed by atoms with Gasteiger partial charge in [0.25, 0.3) is 0 Å². The van der Waals surface area contributed by atoms with Crippen LogP contribution < -0.4 is 0 Å². The summed E-state index contributed by atoms with van der Waals surface area (Å²) in [6, 6.07) is 0. The van der Waals surface area contributed by atoms with Gasteiger partial charge >= 0.3 is 0 Å². The summed E-state index contributed by atoms with van der Waals surface area (Å²) in [5.41, 5.74) is 0.331. The highest BCUT2D eigenvalue weighted by Crippen LogP contribution is 2.33. The number of ether oxygens (including phenoxy) is 3. The third-order valence-corrected chi connectivity index (χ3v) is 4.15. The van der Waals surface area contributed by atoms with Crippen molar-refractivity contribution in [1.29, 1.82) is 0 Å². The lowest BCUT2D eigenvalue weighted by Crippen LogP contribution is -2.46. The van der Waals surface area contributed by atoms with Crippen LogP contribution >= 0.6 is 0 Å². The Morgan fingerprint density at radius 2 is 1.75 bits per heavy atom. The highest BCUT2D eigenvalue weighted by molar-refractivity contribution is 4.85. The number of methoxy groups -OCH3 is 1. The van der Waals surface area contributed by atoms with Gasteiger partial charge in [-0.2, -0.15) is 0 Å². The molecule has 0 aromatic heterocycles. The Balaban J connectivity index is 1.67. The van der Waals surface area contributed by atoms with Crippen molar-refractivity contribution in [2.24, 2.45) is 5.41 Å². The molecule has 0 amide bonds. The maximum Gasteiger partial charge on any atom is 0.0577 e. The predicted molar refractivity (Wildman–Crippen MR) is 62.5 cm³/mol. The van der Waals surface area contributed by atoms with E-state index in [0.717, 1.165) is 45.5 Å². The van der Waals surface area contributed by atoms with Crippen LogP contribution in [0.25, 0.3) is 0 Å². The molecule has 0 bridgehead atoms. The summed E-state index contributed by atoms with van der Waals surface area (Å²) < 4.78 is 16.7. The Morgan fingerprint density at radius 1 is 1.12 bits per heavy atom. The van der Waals surface area contributed by atoms with Gasteiger partial charge in [0.1, 0.15) is 0 Å². The molecule has 1 aliphatic carbocycles. The first-order chi connectivity index (χ1) is 7.78. The number of hydrogen-bond donors (Lipinski definition) is 0. The first kappa shape index (κ1) is 12.3. The van der Waals surface area contributed by atoms with E-state index in [4.69, 9.17) is 14.2 Å². The Bertz CT molecular complexity index is 200. The van der Waals surface area contributed by atoms with Gasteiger partial charge in [-0.25, -0.2) is 0 Å². The zero-order chi connectivity index (χ0) is 11.4. The van der Waals surface area contributed by atoms with E-state index in [0.29, 0.717) is 17.6 Å². The molecular weight excluding hydrogens is 204 g/mol. The molecule has 1 heterocycles. The summed E-state index contributed by atoms with van der Waals surface area (Å²) >= 11 is 0. The van der Waals surface area contributed by atoms with E-state index in [-0.39, 0.29) is 0 Å². The molecule has 1 saturated heterocycles. The fraction of sp³-hybridized carbons (Fsp3) is 1.00. The molecule has 0 spiro atoms. The lowest BCUT2D eigenvalue weighted by molar-refractivity contribution is -0.165. The average Bonchev–Trinajstić information content (AvgIpc) is 2.29. The molecule has 2 aliphatic rings. The van der Waals surface area contributed by atoms with Gasteiger partial charge in [-0.05, 0) is 32.1 Å². The van der Waals surface area contributed by atoms with E-state index >= 15 is 0 Å². The Labute approximate surface area is 98.4 Å². The maximum atomic E-state index is 6.04. The van der Waals surface area contributed by atoms with E-state index in [1.54, 1.807) is 0 Å². The predicted octanol–water partition coefficient (Wildman–Crippen LogP) is 2.39. The van der Waals surface area contributed by atoms with Crippen LogP contribution in [-0.2, 0) is 14.2 Å². The van der Waals surface area contributed by atoms with Crippen LogP contribution in [0.4, 0.5) is 0 Å². The van der Waals surface area contributed by atoms with Crippen molar-refractivity contribution < 1.29 is 14.2 Å². The molecular formula is C13H24O3. The Hall–Kier alpha value is -0.120. The molecule has 1 aliphatic heterocycles. The minimum Gasteiger partial charge on any atom is -0.381 e. The molecule has 0 radical (unpaired) electrons. The fourth-order valence-corrected chi connectivity index (χ4v) is 2.51. The average molecular weight is 228 g/mol. The topological polar surface area (TPSA) is 27.7 Å². The van der Waals surface area contributed by atoms with E-state index in [1.807, 2.05) is 7.11 Å². The molecule has 3 heteroatoms. The zero-order valence-corrected chi connectivity index (χ0v) is 10.5. The number of hydrogen-bond acceptors (Lipinski definition) is 3. The van der Waals surface area contributed by atoms with Gasteiger partial charge < -0.3 is 14.2 Å². The SMILES string of the molecule is CCC1(COC2CCC(OC)CC2)COC1. The van der Waals surface area contributed by atoms with Crippen molar-refractivity contribution in [2.45, 2.75) is 51.2 Å². The molecule has 94 valence electrons. The second-order valence-corrected chi connectivity index (χ2v) is 5.29. The lowest BCUT2D eigenvalue weighted by atomic mass is 9.84. The second-order valence-electron chi connectivity index (χ2n) is 5.29. The first-order valence-corrected chi connectivity index (χ1v) is 6.50. The van der Waals surface area contributed by atoms with Crippen molar-refractivity contribution in [2.75, 3.05) is 26.9 Å². The van der Waals surface area contributed by atoms with Crippen LogP contribution in [0.5, 0.6) is 0 Å². The van der Waals surface area contributed by atoms with Crippen LogP contribution in [-0.4, -0.2) is 39.1 Å². The Morgan fingerprint density at radius 3 is 2.19 bits per heavy atom. The summed E-state index contributed by atoms with van der Waals surface area (Å²) in [6.07, 6.45) is 6.69. The molecule has 1 saturated carbocycles. The van der Waals surface area contributed by atoms with Crippen molar-refractivity contribution in [3.05, 3.63) is 0 Å². The van der Waals surface area contributed by atoms with Crippen molar-refractivity contribution >= 4 is 0 Å². The van der Waals surface area contributed by atoms with Crippen molar-refractivity contribution in [3.63, 3.8) is 0 Å². The fourth-order valence-electron chi connectivity index (χ4n) is 2.51. The van der Waals surface area contributed by atoms with Crippen LogP contribution in [0.2, 0.25) is 0 Å². The molecule has 0 N–H and O–H groups in total. The summed E-state index contributed by atoms with van der Waals surface area (Å²) in [4.78, 5) is 0. The minimum absolute atomic E-state index is 0.331. The largest absolute Gasteiger partial charge is 0.381 e. The smallest absolute Gasteiger partial charge is 0.0577 e. The summed E-state index contributed by atoms with van der Waals surface area (Å²) in [6.45, 7) is 4.88. The Kier molecular flexibility index (Phi) is 4.22. The minimum atomic E-state index is 0.331. The molecule has 16 heavy (non-hydrogen) atoms. The highest BCUT2D eigenvalue weighted by atomic mass is 16.5. The number of rotatable bonds is 5. The summed E-state index contributed by atoms with van der Waals surface area (Å²) in [5, 5.41) is 0. The monoisotopic (exact) mass is 228 g/mol. The highest BCUT2D eigenvalue weighted by Gasteiger charge is 2.38. The van der Waals surface area contributed by atoms with Gasteiger partial charge in [-0.1, -0.05) is 6.92 Å². The molecule has 3 nitrogen and oxygen atoms in total. The summed E-state index contributed by atoms with van der Waals surface area (Å²) in [7, 11) is 1.81. The van der Waals surface area contributed by atoms with E-state index in [1.165, 1.54) is 6.42 Å².